The van der Waals surface area contributed by atoms with Crippen LogP contribution in [0.25, 0.3) is 0 Å². The third-order valence-electron chi connectivity index (χ3n) is 5.63. The maximum atomic E-state index is 13.6. The predicted octanol–water partition coefficient (Wildman–Crippen LogP) is 2.27. The fourth-order valence-corrected chi connectivity index (χ4v) is 4.19. The number of nitrogens with one attached hydrogen (secondary N) is 2. The molecule has 4 rings (SSSR count). The van der Waals surface area contributed by atoms with E-state index in [1.165, 1.54) is 6.07 Å². The number of carbonyl (C=O) groups is 3. The van der Waals surface area contributed by atoms with Crippen molar-refractivity contribution in [3.8, 4) is 0 Å². The third-order valence-corrected chi connectivity index (χ3v) is 5.63. The van der Waals surface area contributed by atoms with E-state index in [9.17, 15) is 18.8 Å². The first-order valence-electron chi connectivity index (χ1n) is 9.74. The summed E-state index contributed by atoms with van der Waals surface area (Å²) in [6, 6.07) is 13.4. The van der Waals surface area contributed by atoms with Crippen molar-refractivity contribution in [3.63, 3.8) is 0 Å². The first-order valence-corrected chi connectivity index (χ1v) is 9.74. The normalized spacial score (nSPS) is 20.5. The topological polar surface area (TPSA) is 78.5 Å². The van der Waals surface area contributed by atoms with Gasteiger partial charge in [-0.1, -0.05) is 42.5 Å². The zero-order valence-electron chi connectivity index (χ0n) is 15.9. The molecular formula is C22H22FN3O3. The number of nitrogens with zero attached hydrogens (tertiary/aromatic N) is 1. The smallest absolute Gasteiger partial charge is 0.325 e. The number of urea groups is 1. The Hall–Kier alpha value is -3.22. The van der Waals surface area contributed by atoms with Crippen molar-refractivity contribution < 1.29 is 18.8 Å². The number of hydrogen-bond acceptors (Lipinski definition) is 3. The van der Waals surface area contributed by atoms with Crippen molar-refractivity contribution in [1.82, 2.24) is 15.5 Å². The first-order chi connectivity index (χ1) is 14.0. The summed E-state index contributed by atoms with van der Waals surface area (Å²) in [5.74, 6) is -1.17. The molecule has 7 heteroatoms. The minimum Gasteiger partial charge on any atom is -0.354 e. The molecule has 0 aromatic heterocycles. The van der Waals surface area contributed by atoms with Gasteiger partial charge >= 0.3 is 6.03 Å². The Morgan fingerprint density at radius 3 is 2.72 bits per heavy atom. The average Bonchev–Trinajstić information content (AvgIpc) is 2.94. The van der Waals surface area contributed by atoms with Gasteiger partial charge in [0, 0.05) is 6.54 Å². The summed E-state index contributed by atoms with van der Waals surface area (Å²) in [4.78, 5) is 38.9. The van der Waals surface area contributed by atoms with Crippen molar-refractivity contribution in [2.45, 2.75) is 31.2 Å². The number of carbonyl (C=O) groups excluding carboxylic acids is 3. The second kappa shape index (κ2) is 7.66. The summed E-state index contributed by atoms with van der Waals surface area (Å²) < 4.78 is 13.6. The Morgan fingerprint density at radius 1 is 1.14 bits per heavy atom. The highest BCUT2D eigenvalue weighted by Crippen LogP contribution is 2.39. The second-order valence-electron chi connectivity index (χ2n) is 7.43. The van der Waals surface area contributed by atoms with Gasteiger partial charge in [-0.2, -0.15) is 0 Å². The Labute approximate surface area is 168 Å². The molecule has 6 nitrogen and oxygen atoms in total. The zero-order valence-corrected chi connectivity index (χ0v) is 15.9. The summed E-state index contributed by atoms with van der Waals surface area (Å²) in [5, 5.41) is 5.49. The summed E-state index contributed by atoms with van der Waals surface area (Å²) >= 11 is 0. The number of imide groups is 1. The van der Waals surface area contributed by atoms with Crippen molar-refractivity contribution in [3.05, 3.63) is 71.0 Å². The number of rotatable bonds is 5. The summed E-state index contributed by atoms with van der Waals surface area (Å²) in [6.07, 6.45) is 2.49. The number of benzene rings is 2. The van der Waals surface area contributed by atoms with Crippen LogP contribution in [0.15, 0.2) is 48.5 Å². The van der Waals surface area contributed by atoms with Gasteiger partial charge in [-0.15, -0.1) is 0 Å². The van der Waals surface area contributed by atoms with Gasteiger partial charge in [0.05, 0.1) is 0 Å². The van der Waals surface area contributed by atoms with Crippen LogP contribution in [0.3, 0.4) is 0 Å². The lowest BCUT2D eigenvalue weighted by Crippen LogP contribution is -2.47. The van der Waals surface area contributed by atoms with Crippen molar-refractivity contribution >= 4 is 17.8 Å². The molecule has 0 bridgehead atoms. The minimum absolute atomic E-state index is 0.220. The standard InChI is InChI=1S/C22H22FN3O3/c23-18-10-4-2-7-16(18)11-13-24-19(27)14-26-20(28)22(25-21(26)29)12-5-8-15-6-1-3-9-17(15)22/h1-4,6-7,9-10H,5,8,11-14H2,(H,24,27)(H,25,29)/t22-/m0/s1. The lowest BCUT2D eigenvalue weighted by atomic mass is 9.76. The van der Waals surface area contributed by atoms with E-state index in [-0.39, 0.29) is 24.8 Å². The molecule has 1 aliphatic heterocycles. The van der Waals surface area contributed by atoms with Gasteiger partial charge in [0.2, 0.25) is 5.91 Å². The molecule has 29 heavy (non-hydrogen) atoms. The van der Waals surface area contributed by atoms with Crippen molar-refractivity contribution in [1.29, 1.82) is 0 Å². The quantitative estimate of drug-likeness (QED) is 0.763. The van der Waals surface area contributed by atoms with Gasteiger partial charge in [-0.05, 0) is 48.4 Å². The van der Waals surface area contributed by atoms with Gasteiger partial charge in [-0.25, -0.2) is 9.18 Å². The Kier molecular flexibility index (Phi) is 5.05. The SMILES string of the molecule is O=C(CN1C(=O)N[C@]2(CCCc3ccccc32)C1=O)NCCc1ccccc1F. The van der Waals surface area contributed by atoms with Crippen molar-refractivity contribution in [2.24, 2.45) is 0 Å². The fraction of sp³-hybridized carbons (Fsp3) is 0.318. The first kappa shape index (κ1) is 19.1. The molecule has 0 saturated carbocycles. The maximum Gasteiger partial charge on any atom is 0.325 e. The molecular weight excluding hydrogens is 373 g/mol. The molecule has 1 aliphatic carbocycles. The molecule has 1 fully saturated rings. The van der Waals surface area contributed by atoms with Gasteiger partial charge in [0.15, 0.2) is 0 Å². The van der Waals surface area contributed by atoms with Gasteiger partial charge < -0.3 is 10.6 Å². The van der Waals surface area contributed by atoms with Crippen LogP contribution in [-0.2, 0) is 28.0 Å². The largest absolute Gasteiger partial charge is 0.354 e. The van der Waals surface area contributed by atoms with Crippen LogP contribution in [0.5, 0.6) is 0 Å². The van der Waals surface area contributed by atoms with Crippen LogP contribution in [0.2, 0.25) is 0 Å². The Morgan fingerprint density at radius 2 is 1.90 bits per heavy atom. The van der Waals surface area contributed by atoms with E-state index < -0.39 is 17.5 Å². The molecule has 2 aliphatic rings. The van der Waals surface area contributed by atoms with E-state index in [1.807, 2.05) is 24.3 Å². The monoisotopic (exact) mass is 395 g/mol. The molecule has 2 aromatic carbocycles. The van der Waals surface area contributed by atoms with E-state index in [0.717, 1.165) is 28.9 Å². The molecule has 2 aromatic rings. The van der Waals surface area contributed by atoms with E-state index in [0.29, 0.717) is 18.4 Å². The number of amides is 4. The Balaban J connectivity index is 1.41. The van der Waals surface area contributed by atoms with Crippen LogP contribution in [0.4, 0.5) is 9.18 Å². The lowest BCUT2D eigenvalue weighted by molar-refractivity contribution is -0.135. The summed E-state index contributed by atoms with van der Waals surface area (Å²) in [5.41, 5.74) is 1.27. The molecule has 1 spiro atoms. The van der Waals surface area contributed by atoms with Gasteiger partial charge in [-0.3, -0.25) is 14.5 Å². The van der Waals surface area contributed by atoms with E-state index in [2.05, 4.69) is 10.6 Å². The predicted molar refractivity (Wildman–Crippen MR) is 104 cm³/mol. The minimum atomic E-state index is -1.08. The Bertz CT molecular complexity index is 977. The highest BCUT2D eigenvalue weighted by atomic mass is 19.1. The third kappa shape index (κ3) is 3.48. The van der Waals surface area contributed by atoms with Gasteiger partial charge in [0.1, 0.15) is 17.9 Å². The molecule has 150 valence electrons. The lowest BCUT2D eigenvalue weighted by Gasteiger charge is -2.33. The van der Waals surface area contributed by atoms with E-state index in [4.69, 9.17) is 0 Å². The summed E-state index contributed by atoms with van der Waals surface area (Å²) in [6.45, 7) is -0.136. The van der Waals surface area contributed by atoms with E-state index in [1.54, 1.807) is 18.2 Å². The molecule has 1 heterocycles. The fourth-order valence-electron chi connectivity index (χ4n) is 4.19. The number of fused-ring (bicyclic) bond motifs is 2. The second-order valence-corrected chi connectivity index (χ2v) is 7.43. The molecule has 1 atom stereocenters. The molecule has 4 amide bonds. The maximum absolute atomic E-state index is 13.6. The molecule has 0 radical (unpaired) electrons. The zero-order chi connectivity index (χ0) is 20.4. The molecule has 0 unspecified atom stereocenters. The van der Waals surface area contributed by atoms with Crippen LogP contribution >= 0.6 is 0 Å². The van der Waals surface area contributed by atoms with Crippen LogP contribution in [0, 0.1) is 5.82 Å². The number of hydrogen-bond donors (Lipinski definition) is 2. The van der Waals surface area contributed by atoms with Gasteiger partial charge in [0.25, 0.3) is 5.91 Å². The highest BCUT2D eigenvalue weighted by Gasteiger charge is 2.54. The van der Waals surface area contributed by atoms with Crippen LogP contribution in [0.1, 0.15) is 29.5 Å². The number of halogens is 1. The van der Waals surface area contributed by atoms with E-state index >= 15 is 0 Å². The molecule has 2 N–H and O–H groups in total. The summed E-state index contributed by atoms with van der Waals surface area (Å²) in [7, 11) is 0. The highest BCUT2D eigenvalue weighted by molar-refractivity contribution is 6.09. The molecule has 1 saturated heterocycles. The van der Waals surface area contributed by atoms with Crippen molar-refractivity contribution in [2.75, 3.05) is 13.1 Å². The average molecular weight is 395 g/mol. The number of aryl methyl sites for hydroxylation is 1. The van der Waals surface area contributed by atoms with Crippen LogP contribution in [-0.4, -0.2) is 35.8 Å². The van der Waals surface area contributed by atoms with Crippen LogP contribution < -0.4 is 10.6 Å².